The summed E-state index contributed by atoms with van der Waals surface area (Å²) in [5.41, 5.74) is 3.32. The van der Waals surface area contributed by atoms with Crippen LogP contribution in [-0.4, -0.2) is 14.2 Å². The molecule has 3 aromatic rings. The van der Waals surface area contributed by atoms with E-state index in [1.165, 1.54) is 0 Å². The van der Waals surface area contributed by atoms with E-state index in [0.29, 0.717) is 12.2 Å². The maximum atomic E-state index is 10.4. The molecule has 1 aromatic heterocycles. The van der Waals surface area contributed by atoms with Crippen LogP contribution in [0.1, 0.15) is 18.6 Å². The monoisotopic (exact) mass is 281 g/mol. The third-order valence-electron chi connectivity index (χ3n) is 3.83. The van der Waals surface area contributed by atoms with E-state index in [0.717, 1.165) is 23.1 Å². The summed E-state index contributed by atoms with van der Waals surface area (Å²) in [6, 6.07) is 17.5. The normalized spacial score (nSPS) is 12.7. The largest absolute Gasteiger partial charge is 0.387 e. The molecule has 0 aliphatic heterocycles. The molecule has 1 atom stereocenters. The number of rotatable bonds is 4. The highest BCUT2D eigenvalue weighted by atomic mass is 16.3. The molecule has 0 saturated carbocycles. The Hall–Kier alpha value is -2.33. The van der Waals surface area contributed by atoms with Gasteiger partial charge in [-0.2, -0.15) is 0 Å². The van der Waals surface area contributed by atoms with Gasteiger partial charge in [0.05, 0.1) is 23.7 Å². The smallest absolute Gasteiger partial charge is 0.203 e. The molecule has 4 nitrogen and oxygen atoms in total. The zero-order valence-electron chi connectivity index (χ0n) is 12.0. The van der Waals surface area contributed by atoms with Crippen LogP contribution in [0.15, 0.2) is 54.6 Å². The van der Waals surface area contributed by atoms with Gasteiger partial charge in [0.1, 0.15) is 0 Å². The van der Waals surface area contributed by atoms with E-state index in [4.69, 9.17) is 5.41 Å². The number of aromatic nitrogens is 2. The Kier molecular flexibility index (Phi) is 3.62. The molecule has 108 valence electrons. The fourth-order valence-corrected chi connectivity index (χ4v) is 2.75. The predicted molar refractivity (Wildman–Crippen MR) is 82.9 cm³/mol. The Morgan fingerprint density at radius 3 is 2.14 bits per heavy atom. The SMILES string of the molecule is CCn1c(=N)n(C[C@@H](O)c2ccccc2)c2ccccc21. The number of aliphatic hydroxyl groups excluding tert-OH is 1. The molecule has 0 bridgehead atoms. The number of nitrogens with zero attached hydrogens (tertiary/aromatic N) is 2. The molecule has 0 unspecified atom stereocenters. The van der Waals surface area contributed by atoms with Crippen LogP contribution in [0.25, 0.3) is 11.0 Å². The van der Waals surface area contributed by atoms with Gasteiger partial charge >= 0.3 is 0 Å². The number of nitrogens with one attached hydrogen (secondary N) is 1. The van der Waals surface area contributed by atoms with E-state index in [9.17, 15) is 5.11 Å². The van der Waals surface area contributed by atoms with E-state index in [2.05, 4.69) is 0 Å². The van der Waals surface area contributed by atoms with Crippen molar-refractivity contribution < 1.29 is 5.11 Å². The number of hydrogen-bond acceptors (Lipinski definition) is 2. The molecule has 0 radical (unpaired) electrons. The maximum absolute atomic E-state index is 10.4. The van der Waals surface area contributed by atoms with Crippen LogP contribution in [-0.2, 0) is 13.1 Å². The summed E-state index contributed by atoms with van der Waals surface area (Å²) in [5.74, 6) is 0. The van der Waals surface area contributed by atoms with Gasteiger partial charge in [-0.1, -0.05) is 42.5 Å². The van der Waals surface area contributed by atoms with Crippen molar-refractivity contribution in [1.29, 1.82) is 5.41 Å². The quantitative estimate of drug-likeness (QED) is 0.759. The lowest BCUT2D eigenvalue weighted by Gasteiger charge is -2.12. The lowest BCUT2D eigenvalue weighted by Crippen LogP contribution is -2.26. The van der Waals surface area contributed by atoms with Gasteiger partial charge in [0.15, 0.2) is 0 Å². The second-order valence-corrected chi connectivity index (χ2v) is 5.09. The summed E-state index contributed by atoms with van der Waals surface area (Å²) >= 11 is 0. The average Bonchev–Trinajstić information content (AvgIpc) is 2.80. The second-order valence-electron chi connectivity index (χ2n) is 5.09. The van der Waals surface area contributed by atoms with E-state index in [1.54, 1.807) is 0 Å². The topological polar surface area (TPSA) is 53.9 Å². The van der Waals surface area contributed by atoms with Crippen molar-refractivity contribution >= 4 is 11.0 Å². The highest BCUT2D eigenvalue weighted by Crippen LogP contribution is 2.18. The van der Waals surface area contributed by atoms with Gasteiger partial charge in [0, 0.05) is 6.54 Å². The predicted octanol–water partition coefficient (Wildman–Crippen LogP) is 2.68. The summed E-state index contributed by atoms with van der Waals surface area (Å²) in [5, 5.41) is 18.8. The van der Waals surface area contributed by atoms with Gasteiger partial charge in [-0.3, -0.25) is 5.41 Å². The number of imidazole rings is 1. The van der Waals surface area contributed by atoms with Crippen molar-refractivity contribution in [2.24, 2.45) is 0 Å². The van der Waals surface area contributed by atoms with Crippen molar-refractivity contribution in [2.45, 2.75) is 26.1 Å². The van der Waals surface area contributed by atoms with E-state index >= 15 is 0 Å². The molecular weight excluding hydrogens is 262 g/mol. The van der Waals surface area contributed by atoms with Crippen LogP contribution < -0.4 is 5.62 Å². The van der Waals surface area contributed by atoms with Gasteiger partial charge in [0.2, 0.25) is 5.62 Å². The minimum atomic E-state index is -0.614. The summed E-state index contributed by atoms with van der Waals surface area (Å²) in [6.45, 7) is 3.16. The molecule has 21 heavy (non-hydrogen) atoms. The van der Waals surface area contributed by atoms with E-state index in [-0.39, 0.29) is 0 Å². The zero-order chi connectivity index (χ0) is 14.8. The molecular formula is C17H19N3O. The van der Waals surface area contributed by atoms with Gasteiger partial charge in [0.25, 0.3) is 0 Å². The number of hydrogen-bond donors (Lipinski definition) is 2. The summed E-state index contributed by atoms with van der Waals surface area (Å²) in [7, 11) is 0. The number of para-hydroxylation sites is 2. The molecule has 2 N–H and O–H groups in total. The van der Waals surface area contributed by atoms with Crippen LogP contribution >= 0.6 is 0 Å². The van der Waals surface area contributed by atoms with Crippen LogP contribution in [0.2, 0.25) is 0 Å². The van der Waals surface area contributed by atoms with Crippen molar-refractivity contribution in [2.75, 3.05) is 0 Å². The minimum absolute atomic E-state index is 0.385. The Morgan fingerprint density at radius 1 is 0.952 bits per heavy atom. The molecule has 2 aromatic carbocycles. The molecule has 1 heterocycles. The lowest BCUT2D eigenvalue weighted by molar-refractivity contribution is 0.155. The highest BCUT2D eigenvalue weighted by Gasteiger charge is 2.14. The molecule has 0 fully saturated rings. The first-order valence-corrected chi connectivity index (χ1v) is 7.18. The fraction of sp³-hybridized carbons (Fsp3) is 0.235. The summed E-state index contributed by atoms with van der Waals surface area (Å²) < 4.78 is 3.82. The third kappa shape index (κ3) is 2.38. The molecule has 0 aliphatic carbocycles. The fourth-order valence-electron chi connectivity index (χ4n) is 2.75. The second kappa shape index (κ2) is 5.58. The Labute approximate surface area is 123 Å². The molecule has 0 spiro atoms. The minimum Gasteiger partial charge on any atom is -0.387 e. The van der Waals surface area contributed by atoms with Crippen molar-refractivity contribution in [3.8, 4) is 0 Å². The Bertz CT molecular complexity index is 802. The lowest BCUT2D eigenvalue weighted by atomic mass is 10.1. The van der Waals surface area contributed by atoms with Crippen molar-refractivity contribution in [3.63, 3.8) is 0 Å². The van der Waals surface area contributed by atoms with Crippen molar-refractivity contribution in [1.82, 2.24) is 9.13 Å². The number of aryl methyl sites for hydroxylation is 1. The summed E-state index contributed by atoms with van der Waals surface area (Å²) in [6.07, 6.45) is -0.614. The standard InChI is InChI=1S/C17H19N3O/c1-2-19-14-10-6-7-11-15(14)20(17(19)18)12-16(21)13-8-4-3-5-9-13/h3-11,16,18,21H,2,12H2,1H3/t16-/m1/s1. The van der Waals surface area contributed by atoms with E-state index in [1.807, 2.05) is 70.7 Å². The van der Waals surface area contributed by atoms with Crippen LogP contribution in [0.4, 0.5) is 0 Å². The molecule has 0 aliphatic rings. The van der Waals surface area contributed by atoms with Gasteiger partial charge < -0.3 is 14.2 Å². The molecule has 4 heteroatoms. The molecule has 0 saturated heterocycles. The van der Waals surface area contributed by atoms with Gasteiger partial charge in [-0.05, 0) is 24.6 Å². The van der Waals surface area contributed by atoms with Crippen LogP contribution in [0.5, 0.6) is 0 Å². The van der Waals surface area contributed by atoms with Crippen LogP contribution in [0, 0.1) is 5.41 Å². The number of benzene rings is 2. The zero-order valence-corrected chi connectivity index (χ0v) is 12.0. The number of aliphatic hydroxyl groups is 1. The average molecular weight is 281 g/mol. The molecule has 0 amide bonds. The number of fused-ring (bicyclic) bond motifs is 1. The molecule has 3 rings (SSSR count). The Balaban J connectivity index is 2.05. The van der Waals surface area contributed by atoms with Crippen LogP contribution in [0.3, 0.4) is 0 Å². The van der Waals surface area contributed by atoms with E-state index < -0.39 is 6.10 Å². The first-order chi connectivity index (χ1) is 10.2. The van der Waals surface area contributed by atoms with Crippen molar-refractivity contribution in [3.05, 3.63) is 65.8 Å². The Morgan fingerprint density at radius 2 is 1.52 bits per heavy atom. The summed E-state index contributed by atoms with van der Waals surface area (Å²) in [4.78, 5) is 0. The first kappa shape index (κ1) is 13.6. The third-order valence-corrected chi connectivity index (χ3v) is 3.83. The first-order valence-electron chi connectivity index (χ1n) is 7.18. The highest BCUT2D eigenvalue weighted by molar-refractivity contribution is 5.75. The van der Waals surface area contributed by atoms with Gasteiger partial charge in [-0.15, -0.1) is 0 Å². The maximum Gasteiger partial charge on any atom is 0.203 e. The van der Waals surface area contributed by atoms with Gasteiger partial charge in [-0.25, -0.2) is 0 Å².